The van der Waals surface area contributed by atoms with Crippen molar-refractivity contribution in [2.75, 3.05) is 18.7 Å². The number of H-pyrrole nitrogens is 1. The summed E-state index contributed by atoms with van der Waals surface area (Å²) >= 11 is 0. The molecule has 8 heteroatoms. The summed E-state index contributed by atoms with van der Waals surface area (Å²) in [6.45, 7) is 1.76. The monoisotopic (exact) mass is 429 g/mol. The van der Waals surface area contributed by atoms with Gasteiger partial charge in [-0.2, -0.15) is 0 Å². The average Bonchev–Trinajstić information content (AvgIpc) is 3.44. The van der Waals surface area contributed by atoms with E-state index < -0.39 is 18.5 Å². The van der Waals surface area contributed by atoms with Gasteiger partial charge in [0.25, 0.3) is 5.91 Å². The number of carbonyl (C=O) groups is 2. The van der Waals surface area contributed by atoms with Gasteiger partial charge in [-0.15, -0.1) is 0 Å². The van der Waals surface area contributed by atoms with Crippen molar-refractivity contribution in [3.05, 3.63) is 71.8 Å². The number of rotatable bonds is 5. The number of carbonyl (C=O) groups excluding carboxylic acids is 2. The highest BCUT2D eigenvalue weighted by molar-refractivity contribution is 5.97. The second kappa shape index (κ2) is 8.07. The second-order valence-electron chi connectivity index (χ2n) is 7.38. The summed E-state index contributed by atoms with van der Waals surface area (Å²) in [4.78, 5) is 32.4. The third-order valence-corrected chi connectivity index (χ3v) is 5.03. The van der Waals surface area contributed by atoms with Crippen LogP contribution in [0.3, 0.4) is 0 Å². The second-order valence-corrected chi connectivity index (χ2v) is 7.38. The summed E-state index contributed by atoms with van der Waals surface area (Å²) in [6.07, 6.45) is 0. The number of aromatic nitrogens is 2. The van der Waals surface area contributed by atoms with Crippen LogP contribution in [0.1, 0.15) is 15.9 Å². The number of benzene rings is 3. The number of amides is 1. The Morgan fingerprint density at radius 2 is 1.84 bits per heavy atom. The van der Waals surface area contributed by atoms with Gasteiger partial charge in [-0.3, -0.25) is 4.79 Å². The van der Waals surface area contributed by atoms with Crippen molar-refractivity contribution in [3.63, 3.8) is 0 Å². The summed E-state index contributed by atoms with van der Waals surface area (Å²) < 4.78 is 15.7. The first-order valence-electron chi connectivity index (χ1n) is 9.98. The van der Waals surface area contributed by atoms with E-state index in [1.54, 1.807) is 36.4 Å². The number of nitrogens with zero attached hydrogens (tertiary/aromatic N) is 1. The number of anilines is 1. The molecule has 4 aromatic rings. The minimum atomic E-state index is -0.598. The molecule has 0 spiro atoms. The van der Waals surface area contributed by atoms with Crippen LogP contribution in [0.5, 0.6) is 11.5 Å². The topological polar surface area (TPSA) is 103 Å². The van der Waals surface area contributed by atoms with Gasteiger partial charge in [0, 0.05) is 17.3 Å². The quantitative estimate of drug-likeness (QED) is 0.464. The smallest absolute Gasteiger partial charge is 0.338 e. The van der Waals surface area contributed by atoms with Crippen LogP contribution in [0.25, 0.3) is 22.4 Å². The fourth-order valence-electron chi connectivity index (χ4n) is 3.37. The fourth-order valence-corrected chi connectivity index (χ4v) is 3.37. The maximum absolute atomic E-state index is 12.4. The molecule has 0 unspecified atom stereocenters. The van der Waals surface area contributed by atoms with Gasteiger partial charge in [-0.05, 0) is 37.3 Å². The third kappa shape index (κ3) is 3.98. The van der Waals surface area contributed by atoms with Crippen molar-refractivity contribution in [1.29, 1.82) is 0 Å². The van der Waals surface area contributed by atoms with Crippen molar-refractivity contribution < 1.29 is 23.8 Å². The Kier molecular flexibility index (Phi) is 4.95. The number of ether oxygens (including phenoxy) is 3. The van der Waals surface area contributed by atoms with E-state index in [1.165, 1.54) is 0 Å². The van der Waals surface area contributed by atoms with Gasteiger partial charge in [0.05, 0.1) is 16.6 Å². The molecule has 160 valence electrons. The van der Waals surface area contributed by atoms with Crippen molar-refractivity contribution in [2.24, 2.45) is 0 Å². The minimum Gasteiger partial charge on any atom is -0.454 e. The van der Waals surface area contributed by atoms with E-state index in [-0.39, 0.29) is 6.79 Å². The molecule has 0 aliphatic carbocycles. The van der Waals surface area contributed by atoms with Gasteiger partial charge in [0.2, 0.25) is 6.79 Å². The third-order valence-electron chi connectivity index (χ3n) is 5.03. The summed E-state index contributed by atoms with van der Waals surface area (Å²) in [5, 5.41) is 2.67. The van der Waals surface area contributed by atoms with Crippen LogP contribution in [0, 0.1) is 6.92 Å². The van der Waals surface area contributed by atoms with Crippen molar-refractivity contribution >= 4 is 28.6 Å². The van der Waals surface area contributed by atoms with Gasteiger partial charge in [-0.1, -0.05) is 29.8 Å². The molecule has 0 bridgehead atoms. The van der Waals surface area contributed by atoms with E-state index in [0.717, 1.165) is 16.6 Å². The molecule has 1 aliphatic heterocycles. The summed E-state index contributed by atoms with van der Waals surface area (Å²) in [7, 11) is 0. The SMILES string of the molecule is Cc1ccc(-c2nc3ccc(C(=O)OCC(=O)Nc4ccc5c(c4)OCO5)cc3[nH]2)cc1. The lowest BCUT2D eigenvalue weighted by atomic mass is 10.1. The number of fused-ring (bicyclic) bond motifs is 2. The van der Waals surface area contributed by atoms with Crippen molar-refractivity contribution in [3.8, 4) is 22.9 Å². The molecule has 0 saturated heterocycles. The zero-order chi connectivity index (χ0) is 22.1. The predicted octanol–water partition coefficient (Wildman–Crippen LogP) is 4.06. The fraction of sp³-hybridized carbons (Fsp3) is 0.125. The van der Waals surface area contributed by atoms with E-state index in [4.69, 9.17) is 14.2 Å². The van der Waals surface area contributed by atoms with Crippen molar-refractivity contribution in [1.82, 2.24) is 9.97 Å². The Bertz CT molecular complexity index is 1330. The zero-order valence-corrected chi connectivity index (χ0v) is 17.2. The number of aryl methyl sites for hydroxylation is 1. The largest absolute Gasteiger partial charge is 0.454 e. The van der Waals surface area contributed by atoms with Gasteiger partial charge >= 0.3 is 5.97 Å². The Hall–Kier alpha value is -4.33. The molecule has 1 amide bonds. The normalized spacial score (nSPS) is 12.0. The number of esters is 1. The lowest BCUT2D eigenvalue weighted by molar-refractivity contribution is -0.119. The van der Waals surface area contributed by atoms with Crippen LogP contribution in [-0.4, -0.2) is 35.2 Å². The van der Waals surface area contributed by atoms with Gasteiger partial charge < -0.3 is 24.5 Å². The Balaban J connectivity index is 1.23. The maximum atomic E-state index is 12.4. The first-order valence-corrected chi connectivity index (χ1v) is 9.98. The highest BCUT2D eigenvalue weighted by Crippen LogP contribution is 2.34. The summed E-state index contributed by atoms with van der Waals surface area (Å²) in [6, 6.07) is 18.1. The number of hydrogen-bond acceptors (Lipinski definition) is 6. The van der Waals surface area contributed by atoms with Gasteiger partial charge in [0.1, 0.15) is 5.82 Å². The van der Waals surface area contributed by atoms with E-state index in [2.05, 4.69) is 15.3 Å². The van der Waals surface area contributed by atoms with Crippen LogP contribution < -0.4 is 14.8 Å². The van der Waals surface area contributed by atoms with Gasteiger partial charge in [0.15, 0.2) is 18.1 Å². The van der Waals surface area contributed by atoms with E-state index >= 15 is 0 Å². The molecule has 1 aromatic heterocycles. The lowest BCUT2D eigenvalue weighted by Crippen LogP contribution is -2.20. The highest BCUT2D eigenvalue weighted by Gasteiger charge is 2.16. The van der Waals surface area contributed by atoms with Crippen LogP contribution in [0.2, 0.25) is 0 Å². The number of aromatic amines is 1. The van der Waals surface area contributed by atoms with E-state index in [1.807, 2.05) is 31.2 Å². The number of hydrogen-bond donors (Lipinski definition) is 2. The molecule has 0 fully saturated rings. The molecular formula is C24H19N3O5. The molecule has 32 heavy (non-hydrogen) atoms. The Morgan fingerprint density at radius 1 is 1.03 bits per heavy atom. The average molecular weight is 429 g/mol. The van der Waals surface area contributed by atoms with Crippen LogP contribution >= 0.6 is 0 Å². The standard InChI is InChI=1S/C24H19N3O5/c1-14-2-4-15(5-3-14)23-26-18-8-6-16(10-19(18)27-23)24(29)30-12-22(28)25-17-7-9-20-21(11-17)32-13-31-20/h2-11H,12-13H2,1H3,(H,25,28)(H,26,27). The molecule has 0 atom stereocenters. The van der Waals surface area contributed by atoms with E-state index in [0.29, 0.717) is 34.1 Å². The van der Waals surface area contributed by atoms with Crippen LogP contribution in [-0.2, 0) is 9.53 Å². The molecular weight excluding hydrogens is 410 g/mol. The number of nitrogens with one attached hydrogen (secondary N) is 2. The minimum absolute atomic E-state index is 0.150. The molecule has 0 radical (unpaired) electrons. The van der Waals surface area contributed by atoms with Crippen LogP contribution in [0.15, 0.2) is 60.7 Å². The Labute approximate surface area is 183 Å². The maximum Gasteiger partial charge on any atom is 0.338 e. The highest BCUT2D eigenvalue weighted by atomic mass is 16.7. The molecule has 2 heterocycles. The first-order chi connectivity index (χ1) is 15.5. The predicted molar refractivity (Wildman–Crippen MR) is 118 cm³/mol. The summed E-state index contributed by atoms with van der Waals surface area (Å²) in [5.41, 5.74) is 4.41. The lowest BCUT2D eigenvalue weighted by Gasteiger charge is -2.07. The Morgan fingerprint density at radius 3 is 2.69 bits per heavy atom. The van der Waals surface area contributed by atoms with E-state index in [9.17, 15) is 9.59 Å². The van der Waals surface area contributed by atoms with Crippen molar-refractivity contribution in [2.45, 2.75) is 6.92 Å². The zero-order valence-electron chi connectivity index (χ0n) is 17.2. The molecule has 0 saturated carbocycles. The molecule has 8 nitrogen and oxygen atoms in total. The molecule has 2 N–H and O–H groups in total. The molecule has 3 aromatic carbocycles. The molecule has 5 rings (SSSR count). The first kappa shape index (κ1) is 19.6. The van der Waals surface area contributed by atoms with Crippen LogP contribution in [0.4, 0.5) is 5.69 Å². The molecule has 1 aliphatic rings. The number of imidazole rings is 1. The summed E-state index contributed by atoms with van der Waals surface area (Å²) in [5.74, 6) is 0.834. The van der Waals surface area contributed by atoms with Gasteiger partial charge in [-0.25, -0.2) is 9.78 Å².